The highest BCUT2D eigenvalue weighted by Crippen LogP contribution is 2.06. The quantitative estimate of drug-likeness (QED) is 0.415. The van der Waals surface area contributed by atoms with E-state index in [9.17, 15) is 9.59 Å². The standard InChI is InChI=1S/C13H16O4/c1-16-13(15)9-5-3-2-4-7-11(14)12-8-6-10-17-12/h2-3,6,8,10H,4-5,7,9H2,1H3. The van der Waals surface area contributed by atoms with E-state index >= 15 is 0 Å². The van der Waals surface area contributed by atoms with E-state index in [0.717, 1.165) is 0 Å². The number of ether oxygens (including phenoxy) is 1. The Morgan fingerprint density at radius 3 is 2.59 bits per heavy atom. The summed E-state index contributed by atoms with van der Waals surface area (Å²) in [4.78, 5) is 22.3. The van der Waals surface area contributed by atoms with E-state index in [-0.39, 0.29) is 11.8 Å². The van der Waals surface area contributed by atoms with Crippen molar-refractivity contribution < 1.29 is 18.7 Å². The van der Waals surface area contributed by atoms with Gasteiger partial charge in [0.05, 0.1) is 13.4 Å². The Morgan fingerprint density at radius 1 is 1.29 bits per heavy atom. The minimum Gasteiger partial charge on any atom is -0.469 e. The van der Waals surface area contributed by atoms with E-state index in [1.165, 1.54) is 13.4 Å². The smallest absolute Gasteiger partial charge is 0.305 e. The Morgan fingerprint density at radius 2 is 2.00 bits per heavy atom. The lowest BCUT2D eigenvalue weighted by Gasteiger charge is -1.95. The van der Waals surface area contributed by atoms with Gasteiger partial charge in [0.2, 0.25) is 0 Å². The summed E-state index contributed by atoms with van der Waals surface area (Å²) in [5, 5.41) is 0. The number of methoxy groups -OCH3 is 1. The molecule has 1 aromatic rings. The molecule has 4 nitrogen and oxygen atoms in total. The van der Waals surface area contributed by atoms with Gasteiger partial charge < -0.3 is 9.15 Å². The second-order valence-electron chi connectivity index (χ2n) is 3.53. The highest BCUT2D eigenvalue weighted by molar-refractivity contribution is 5.93. The summed E-state index contributed by atoms with van der Waals surface area (Å²) >= 11 is 0. The molecule has 0 atom stereocenters. The summed E-state index contributed by atoms with van der Waals surface area (Å²) in [6.45, 7) is 0. The second kappa shape index (κ2) is 7.44. The first-order chi connectivity index (χ1) is 8.24. The van der Waals surface area contributed by atoms with Crippen LogP contribution in [0.3, 0.4) is 0 Å². The molecule has 1 heterocycles. The molecule has 1 rings (SSSR count). The molecule has 0 bridgehead atoms. The zero-order valence-electron chi connectivity index (χ0n) is 9.85. The molecule has 4 heteroatoms. The van der Waals surface area contributed by atoms with Crippen molar-refractivity contribution in [3.63, 3.8) is 0 Å². The summed E-state index contributed by atoms with van der Waals surface area (Å²) in [6.07, 6.45) is 7.35. The zero-order chi connectivity index (χ0) is 12.5. The Balaban J connectivity index is 2.13. The Labute approximate surface area is 100 Å². The van der Waals surface area contributed by atoms with Crippen molar-refractivity contribution in [2.75, 3.05) is 7.11 Å². The minimum atomic E-state index is -0.221. The number of rotatable bonds is 7. The van der Waals surface area contributed by atoms with Crippen LogP contribution in [-0.2, 0) is 9.53 Å². The van der Waals surface area contributed by atoms with Crippen LogP contribution in [0.5, 0.6) is 0 Å². The molecular formula is C13H16O4. The number of Topliss-reactive ketones (excluding diaryl/α,β-unsaturated/α-hetero) is 1. The second-order valence-corrected chi connectivity index (χ2v) is 3.53. The average Bonchev–Trinajstić information content (AvgIpc) is 2.86. The molecule has 0 aliphatic rings. The molecule has 0 N–H and O–H groups in total. The van der Waals surface area contributed by atoms with Gasteiger partial charge in [-0.1, -0.05) is 12.2 Å². The van der Waals surface area contributed by atoms with Gasteiger partial charge in [0.25, 0.3) is 0 Å². The van der Waals surface area contributed by atoms with E-state index in [1.54, 1.807) is 12.1 Å². The molecule has 0 saturated carbocycles. The van der Waals surface area contributed by atoms with Crippen LogP contribution in [0, 0.1) is 0 Å². The third-order valence-electron chi connectivity index (χ3n) is 2.24. The number of hydrogen-bond donors (Lipinski definition) is 0. The highest BCUT2D eigenvalue weighted by Gasteiger charge is 2.06. The van der Waals surface area contributed by atoms with Gasteiger partial charge in [-0.2, -0.15) is 0 Å². The van der Waals surface area contributed by atoms with Crippen LogP contribution in [0.25, 0.3) is 0 Å². The normalized spacial score (nSPS) is 10.6. The number of esters is 1. The first-order valence-corrected chi connectivity index (χ1v) is 5.52. The lowest BCUT2D eigenvalue weighted by molar-refractivity contribution is -0.140. The summed E-state index contributed by atoms with van der Waals surface area (Å²) in [7, 11) is 1.37. The molecule has 17 heavy (non-hydrogen) atoms. The largest absolute Gasteiger partial charge is 0.469 e. The van der Waals surface area contributed by atoms with Crippen molar-refractivity contribution >= 4 is 11.8 Å². The number of ketones is 1. The highest BCUT2D eigenvalue weighted by atomic mass is 16.5. The molecule has 0 unspecified atom stereocenters. The fourth-order valence-corrected chi connectivity index (χ4v) is 1.31. The summed E-state index contributed by atoms with van der Waals surface area (Å²) in [6, 6.07) is 3.35. The molecule has 0 spiro atoms. The molecule has 0 aliphatic carbocycles. The number of carbonyl (C=O) groups excluding carboxylic acids is 2. The zero-order valence-corrected chi connectivity index (χ0v) is 9.85. The van der Waals surface area contributed by atoms with Crippen LogP contribution < -0.4 is 0 Å². The first kappa shape index (κ1) is 13.2. The van der Waals surface area contributed by atoms with Gasteiger partial charge in [0.15, 0.2) is 11.5 Å². The Kier molecular flexibility index (Phi) is 5.79. The van der Waals surface area contributed by atoms with Crippen LogP contribution in [0.2, 0.25) is 0 Å². The summed E-state index contributed by atoms with van der Waals surface area (Å²) in [5.41, 5.74) is 0. The van der Waals surface area contributed by atoms with E-state index in [1.807, 2.05) is 12.2 Å². The monoisotopic (exact) mass is 236 g/mol. The molecule has 0 aromatic carbocycles. The van der Waals surface area contributed by atoms with Crippen molar-refractivity contribution in [3.05, 3.63) is 36.3 Å². The van der Waals surface area contributed by atoms with Crippen molar-refractivity contribution in [2.45, 2.75) is 25.7 Å². The summed E-state index contributed by atoms with van der Waals surface area (Å²) < 4.78 is 9.49. The Bertz CT molecular complexity index is 376. The molecule has 1 aromatic heterocycles. The predicted molar refractivity (Wildman–Crippen MR) is 62.7 cm³/mol. The fourth-order valence-electron chi connectivity index (χ4n) is 1.31. The van der Waals surface area contributed by atoms with Crippen LogP contribution >= 0.6 is 0 Å². The maximum atomic E-state index is 11.5. The lowest BCUT2D eigenvalue weighted by Crippen LogP contribution is -1.98. The maximum absolute atomic E-state index is 11.5. The topological polar surface area (TPSA) is 56.5 Å². The molecule has 0 aliphatic heterocycles. The van der Waals surface area contributed by atoms with Gasteiger partial charge in [-0.15, -0.1) is 0 Å². The predicted octanol–water partition coefficient (Wildman–Crippen LogP) is 2.75. The van der Waals surface area contributed by atoms with E-state index in [0.29, 0.717) is 31.4 Å². The fraction of sp³-hybridized carbons (Fsp3) is 0.385. The molecule has 0 amide bonds. The molecule has 0 saturated heterocycles. The van der Waals surface area contributed by atoms with E-state index in [4.69, 9.17) is 4.42 Å². The van der Waals surface area contributed by atoms with Gasteiger partial charge in [-0.25, -0.2) is 0 Å². The van der Waals surface area contributed by atoms with Gasteiger partial charge >= 0.3 is 5.97 Å². The first-order valence-electron chi connectivity index (χ1n) is 5.52. The number of carbonyl (C=O) groups is 2. The number of allylic oxidation sites excluding steroid dienone is 2. The maximum Gasteiger partial charge on any atom is 0.305 e. The Hall–Kier alpha value is -1.84. The molecule has 0 radical (unpaired) electrons. The van der Waals surface area contributed by atoms with Crippen molar-refractivity contribution in [3.8, 4) is 0 Å². The third-order valence-corrected chi connectivity index (χ3v) is 2.24. The van der Waals surface area contributed by atoms with Crippen molar-refractivity contribution in [2.24, 2.45) is 0 Å². The van der Waals surface area contributed by atoms with Gasteiger partial charge in [-0.3, -0.25) is 9.59 Å². The van der Waals surface area contributed by atoms with Crippen LogP contribution in [0.4, 0.5) is 0 Å². The molecular weight excluding hydrogens is 220 g/mol. The lowest BCUT2D eigenvalue weighted by atomic mass is 10.1. The van der Waals surface area contributed by atoms with E-state index < -0.39 is 0 Å². The number of furan rings is 1. The van der Waals surface area contributed by atoms with Gasteiger partial charge in [-0.05, 0) is 25.0 Å². The average molecular weight is 236 g/mol. The van der Waals surface area contributed by atoms with Crippen LogP contribution in [0.15, 0.2) is 35.0 Å². The van der Waals surface area contributed by atoms with Crippen LogP contribution in [0.1, 0.15) is 36.2 Å². The number of hydrogen-bond acceptors (Lipinski definition) is 4. The van der Waals surface area contributed by atoms with Gasteiger partial charge in [0.1, 0.15) is 0 Å². The van der Waals surface area contributed by atoms with Crippen molar-refractivity contribution in [1.82, 2.24) is 0 Å². The van der Waals surface area contributed by atoms with Crippen molar-refractivity contribution in [1.29, 1.82) is 0 Å². The van der Waals surface area contributed by atoms with Crippen LogP contribution in [-0.4, -0.2) is 18.9 Å². The molecule has 92 valence electrons. The SMILES string of the molecule is COC(=O)CCC=CCCC(=O)c1ccco1. The molecule has 0 fully saturated rings. The minimum absolute atomic E-state index is 0.00684. The summed E-state index contributed by atoms with van der Waals surface area (Å²) in [5.74, 6) is 0.168. The van der Waals surface area contributed by atoms with Gasteiger partial charge in [0, 0.05) is 12.8 Å². The van der Waals surface area contributed by atoms with E-state index in [2.05, 4.69) is 4.74 Å². The third kappa shape index (κ3) is 5.15.